The highest BCUT2D eigenvalue weighted by atomic mass is 79.9. The van der Waals surface area contributed by atoms with Gasteiger partial charge in [-0.25, -0.2) is 0 Å². The summed E-state index contributed by atoms with van der Waals surface area (Å²) >= 11 is 3.39. The molecule has 22 heavy (non-hydrogen) atoms. The van der Waals surface area contributed by atoms with E-state index in [1.807, 2.05) is 30.3 Å². The van der Waals surface area contributed by atoms with Crippen LogP contribution in [0.4, 0.5) is 5.69 Å². The molecule has 0 bridgehead atoms. The third-order valence-electron chi connectivity index (χ3n) is 2.87. The van der Waals surface area contributed by atoms with E-state index in [2.05, 4.69) is 15.9 Å². The van der Waals surface area contributed by atoms with Gasteiger partial charge in [-0.15, -0.1) is 0 Å². The molecular formula is C16H18BrNO4. The minimum absolute atomic E-state index is 0.0111. The van der Waals surface area contributed by atoms with Crippen LogP contribution < -0.4 is 4.74 Å². The Morgan fingerprint density at radius 1 is 1.14 bits per heavy atom. The van der Waals surface area contributed by atoms with Crippen LogP contribution in [0.2, 0.25) is 0 Å². The molecule has 1 N–H and O–H groups in total. The Labute approximate surface area is 137 Å². The van der Waals surface area contributed by atoms with Crippen LogP contribution in [-0.2, 0) is 0 Å². The first-order valence-electron chi connectivity index (χ1n) is 6.68. The number of aliphatic hydroxyl groups excluding tert-OH is 1. The van der Waals surface area contributed by atoms with Crippen molar-refractivity contribution in [1.82, 2.24) is 0 Å². The van der Waals surface area contributed by atoms with E-state index in [-0.39, 0.29) is 11.8 Å². The second-order valence-electron chi connectivity index (χ2n) is 4.22. The molecule has 5 nitrogen and oxygen atoms in total. The Bertz CT molecular complexity index is 577. The number of aliphatic hydroxyl groups is 1. The summed E-state index contributed by atoms with van der Waals surface area (Å²) < 4.78 is 5.86. The van der Waals surface area contributed by atoms with Gasteiger partial charge in [-0.1, -0.05) is 58.4 Å². The molecule has 0 aliphatic heterocycles. The van der Waals surface area contributed by atoms with E-state index in [0.29, 0.717) is 5.75 Å². The van der Waals surface area contributed by atoms with Crippen molar-refractivity contribution in [3.8, 4) is 5.75 Å². The van der Waals surface area contributed by atoms with E-state index >= 15 is 0 Å². The summed E-state index contributed by atoms with van der Waals surface area (Å²) in [6.07, 6.45) is 0.521. The summed E-state index contributed by atoms with van der Waals surface area (Å²) in [5.74, 6) is 0.298. The third kappa shape index (κ3) is 5.13. The molecule has 0 heterocycles. The zero-order valence-corrected chi connectivity index (χ0v) is 13.8. The van der Waals surface area contributed by atoms with Crippen LogP contribution in [0.5, 0.6) is 5.75 Å². The van der Waals surface area contributed by atoms with Gasteiger partial charge in [0.2, 0.25) is 0 Å². The fourth-order valence-electron chi connectivity index (χ4n) is 1.92. The average Bonchev–Trinajstić information content (AvgIpc) is 2.57. The molecule has 118 valence electrons. The van der Waals surface area contributed by atoms with E-state index in [4.69, 9.17) is 9.84 Å². The van der Waals surface area contributed by atoms with Gasteiger partial charge in [0.05, 0.1) is 4.92 Å². The second kappa shape index (κ2) is 9.92. The van der Waals surface area contributed by atoms with Gasteiger partial charge in [0.15, 0.2) is 5.75 Å². The van der Waals surface area contributed by atoms with Crippen LogP contribution >= 0.6 is 15.9 Å². The summed E-state index contributed by atoms with van der Waals surface area (Å²) in [7, 11) is 1.00. The first-order chi connectivity index (χ1) is 10.7. The lowest BCUT2D eigenvalue weighted by atomic mass is 10.1. The number of para-hydroxylation sites is 2. The van der Waals surface area contributed by atoms with Crippen LogP contribution in [0.25, 0.3) is 0 Å². The number of alkyl halides is 1. The van der Waals surface area contributed by atoms with Crippen LogP contribution in [0.3, 0.4) is 0 Å². The monoisotopic (exact) mass is 367 g/mol. The van der Waals surface area contributed by atoms with Gasteiger partial charge in [0, 0.05) is 18.5 Å². The molecular weight excluding hydrogens is 350 g/mol. The third-order valence-corrected chi connectivity index (χ3v) is 3.33. The largest absolute Gasteiger partial charge is 0.479 e. The molecule has 0 radical (unpaired) electrons. The van der Waals surface area contributed by atoms with Crippen LogP contribution in [0.15, 0.2) is 54.6 Å². The van der Waals surface area contributed by atoms with Crippen molar-refractivity contribution in [2.75, 3.05) is 12.4 Å². The first-order valence-corrected chi connectivity index (χ1v) is 7.80. The molecule has 0 aromatic heterocycles. The molecule has 2 aromatic rings. The maximum atomic E-state index is 11.0. The Balaban J connectivity index is 0.00000116. The predicted molar refractivity (Wildman–Crippen MR) is 89.5 cm³/mol. The molecule has 0 aliphatic rings. The molecule has 6 heteroatoms. The smallest absolute Gasteiger partial charge is 0.310 e. The van der Waals surface area contributed by atoms with Gasteiger partial charge < -0.3 is 9.84 Å². The number of benzene rings is 2. The van der Waals surface area contributed by atoms with E-state index < -0.39 is 4.92 Å². The Kier molecular flexibility index (Phi) is 8.17. The van der Waals surface area contributed by atoms with Crippen molar-refractivity contribution in [3.05, 3.63) is 70.3 Å². The summed E-state index contributed by atoms with van der Waals surface area (Å²) in [5, 5.41) is 18.8. The zero-order valence-electron chi connectivity index (χ0n) is 12.2. The number of nitro groups is 1. The van der Waals surface area contributed by atoms with Gasteiger partial charge in [-0.3, -0.25) is 10.1 Å². The van der Waals surface area contributed by atoms with Crippen molar-refractivity contribution in [3.63, 3.8) is 0 Å². The lowest BCUT2D eigenvalue weighted by molar-refractivity contribution is -0.386. The number of halogens is 1. The van der Waals surface area contributed by atoms with Gasteiger partial charge in [0.1, 0.15) is 6.10 Å². The number of ether oxygens (including phenoxy) is 1. The first kappa shape index (κ1) is 18.1. The number of nitro benzene ring substituents is 1. The number of hydrogen-bond acceptors (Lipinski definition) is 4. The lowest BCUT2D eigenvalue weighted by Crippen LogP contribution is -2.09. The highest BCUT2D eigenvalue weighted by Gasteiger charge is 2.19. The molecule has 0 aliphatic carbocycles. The van der Waals surface area contributed by atoms with Gasteiger partial charge in [-0.2, -0.15) is 0 Å². The van der Waals surface area contributed by atoms with Crippen molar-refractivity contribution in [2.45, 2.75) is 12.5 Å². The SMILES string of the molecule is CO.O=[N+]([O-])c1ccccc1OC(CCBr)c1ccccc1. The minimum atomic E-state index is -0.425. The van der Waals surface area contributed by atoms with Crippen LogP contribution in [-0.4, -0.2) is 22.5 Å². The number of hydrogen-bond donors (Lipinski definition) is 1. The average molecular weight is 368 g/mol. The molecule has 0 saturated carbocycles. The Morgan fingerprint density at radius 3 is 2.32 bits per heavy atom. The van der Waals surface area contributed by atoms with Crippen LogP contribution in [0.1, 0.15) is 18.1 Å². The van der Waals surface area contributed by atoms with E-state index in [1.54, 1.807) is 18.2 Å². The van der Waals surface area contributed by atoms with Crippen molar-refractivity contribution >= 4 is 21.6 Å². The molecule has 0 spiro atoms. The van der Waals surface area contributed by atoms with Crippen molar-refractivity contribution in [1.29, 1.82) is 0 Å². The summed E-state index contributed by atoms with van der Waals surface area (Å²) in [5.41, 5.74) is 0.994. The Morgan fingerprint density at radius 2 is 1.73 bits per heavy atom. The Hall–Kier alpha value is -1.92. The molecule has 2 rings (SSSR count). The van der Waals surface area contributed by atoms with Crippen LogP contribution in [0, 0.1) is 10.1 Å². The number of nitrogens with zero attached hydrogens (tertiary/aromatic N) is 1. The maximum Gasteiger partial charge on any atom is 0.310 e. The quantitative estimate of drug-likeness (QED) is 0.473. The molecule has 1 unspecified atom stereocenters. The van der Waals surface area contributed by atoms with Gasteiger partial charge in [-0.05, 0) is 18.1 Å². The van der Waals surface area contributed by atoms with E-state index in [1.165, 1.54) is 6.07 Å². The highest BCUT2D eigenvalue weighted by molar-refractivity contribution is 9.09. The molecule has 2 aromatic carbocycles. The second-order valence-corrected chi connectivity index (χ2v) is 5.01. The van der Waals surface area contributed by atoms with E-state index in [9.17, 15) is 10.1 Å². The fourth-order valence-corrected chi connectivity index (χ4v) is 2.34. The zero-order chi connectivity index (χ0) is 16.4. The maximum absolute atomic E-state index is 11.0. The molecule has 0 amide bonds. The van der Waals surface area contributed by atoms with Crippen molar-refractivity contribution < 1.29 is 14.8 Å². The fraction of sp³-hybridized carbons (Fsp3) is 0.250. The van der Waals surface area contributed by atoms with Gasteiger partial charge in [0.25, 0.3) is 0 Å². The standard InChI is InChI=1S/C15H14BrNO3.CH4O/c16-11-10-14(12-6-2-1-3-7-12)20-15-9-5-4-8-13(15)17(18)19;1-2/h1-9,14H,10-11H2;2H,1H3. The topological polar surface area (TPSA) is 72.6 Å². The highest BCUT2D eigenvalue weighted by Crippen LogP contribution is 2.32. The summed E-state index contributed by atoms with van der Waals surface area (Å²) in [4.78, 5) is 10.6. The summed E-state index contributed by atoms with van der Waals surface area (Å²) in [6.45, 7) is 0. The van der Waals surface area contributed by atoms with Gasteiger partial charge >= 0.3 is 5.69 Å². The molecule has 0 fully saturated rings. The van der Waals surface area contributed by atoms with Crippen molar-refractivity contribution in [2.24, 2.45) is 0 Å². The normalized spacial score (nSPS) is 11.0. The summed E-state index contributed by atoms with van der Waals surface area (Å²) in [6, 6.07) is 16.2. The molecule has 0 saturated heterocycles. The molecule has 1 atom stereocenters. The number of rotatable bonds is 6. The minimum Gasteiger partial charge on any atom is -0.479 e. The predicted octanol–water partition coefficient (Wildman–Crippen LogP) is 4.11. The lowest BCUT2D eigenvalue weighted by Gasteiger charge is -2.18. The van der Waals surface area contributed by atoms with E-state index in [0.717, 1.165) is 24.4 Å².